The van der Waals surface area contributed by atoms with Crippen LogP contribution in [0.4, 0.5) is 5.82 Å². The largest absolute Gasteiger partial charge is 0.382 e. The van der Waals surface area contributed by atoms with Crippen LogP contribution in [0.1, 0.15) is 31.7 Å². The van der Waals surface area contributed by atoms with E-state index in [1.165, 1.54) is 25.7 Å². The van der Waals surface area contributed by atoms with Crippen LogP contribution < -0.4 is 5.73 Å². The fourth-order valence-electron chi connectivity index (χ4n) is 1.79. The van der Waals surface area contributed by atoms with Crippen LogP contribution in [0.25, 0.3) is 0 Å². The third-order valence-corrected chi connectivity index (χ3v) is 2.97. The summed E-state index contributed by atoms with van der Waals surface area (Å²) >= 11 is 3.45. The Kier molecular flexibility index (Phi) is 2.09. The Morgan fingerprint density at radius 1 is 1.50 bits per heavy atom. The first kappa shape index (κ1) is 8.10. The van der Waals surface area contributed by atoms with Gasteiger partial charge >= 0.3 is 0 Å². The quantitative estimate of drug-likeness (QED) is 0.804. The van der Waals surface area contributed by atoms with Gasteiger partial charge in [-0.05, 0) is 28.8 Å². The molecule has 0 aromatic carbocycles. The predicted octanol–water partition coefficient (Wildman–Crippen LogP) is 2.34. The van der Waals surface area contributed by atoms with Crippen LogP contribution in [0.2, 0.25) is 0 Å². The fourth-order valence-corrected chi connectivity index (χ4v) is 2.40. The maximum atomic E-state index is 5.59. The van der Waals surface area contributed by atoms with Gasteiger partial charge in [-0.15, -0.1) is 0 Å². The summed E-state index contributed by atoms with van der Waals surface area (Å²) in [5.74, 6) is 0.605. The highest BCUT2D eigenvalue weighted by molar-refractivity contribution is 9.10. The van der Waals surface area contributed by atoms with Gasteiger partial charge in [0.25, 0.3) is 0 Å². The molecule has 1 saturated carbocycles. The molecule has 2 N–H and O–H groups in total. The highest BCUT2D eigenvalue weighted by Gasteiger charge is 2.19. The third kappa shape index (κ3) is 1.35. The lowest BCUT2D eigenvalue weighted by Gasteiger charge is -2.10. The molecule has 0 bridgehead atoms. The van der Waals surface area contributed by atoms with E-state index in [9.17, 15) is 0 Å². The maximum Gasteiger partial charge on any atom is 0.146 e. The highest BCUT2D eigenvalue weighted by Crippen LogP contribution is 2.31. The summed E-state index contributed by atoms with van der Waals surface area (Å²) in [4.78, 5) is 0. The summed E-state index contributed by atoms with van der Waals surface area (Å²) in [6, 6.07) is 2.43. The SMILES string of the molecule is Nc1cc(Br)n(C2CCCC2)n1. The first-order chi connectivity index (χ1) is 5.77. The molecule has 1 aliphatic rings. The first-order valence-electron chi connectivity index (χ1n) is 4.28. The van der Waals surface area contributed by atoms with Crippen LogP contribution in [0.5, 0.6) is 0 Å². The van der Waals surface area contributed by atoms with Crippen LogP contribution in [-0.4, -0.2) is 9.78 Å². The van der Waals surface area contributed by atoms with E-state index in [1.807, 2.05) is 10.7 Å². The summed E-state index contributed by atoms with van der Waals surface area (Å²) in [5.41, 5.74) is 5.59. The molecule has 0 aliphatic heterocycles. The molecule has 0 amide bonds. The molecule has 1 fully saturated rings. The van der Waals surface area contributed by atoms with Crippen molar-refractivity contribution in [1.29, 1.82) is 0 Å². The van der Waals surface area contributed by atoms with E-state index in [-0.39, 0.29) is 0 Å². The van der Waals surface area contributed by atoms with E-state index in [0.29, 0.717) is 11.9 Å². The molecular weight excluding hydrogens is 218 g/mol. The number of halogens is 1. The molecule has 0 saturated heterocycles. The fraction of sp³-hybridized carbons (Fsp3) is 0.625. The number of nitrogens with zero attached hydrogens (tertiary/aromatic N) is 2. The first-order valence-corrected chi connectivity index (χ1v) is 5.07. The van der Waals surface area contributed by atoms with Gasteiger partial charge in [0.05, 0.1) is 6.04 Å². The molecule has 0 atom stereocenters. The predicted molar refractivity (Wildman–Crippen MR) is 51.8 cm³/mol. The third-order valence-electron chi connectivity index (χ3n) is 2.38. The molecule has 0 unspecified atom stereocenters. The van der Waals surface area contributed by atoms with Gasteiger partial charge in [0.15, 0.2) is 0 Å². The summed E-state index contributed by atoms with van der Waals surface area (Å²) in [6.45, 7) is 0. The minimum absolute atomic E-state index is 0.566. The number of rotatable bonds is 1. The van der Waals surface area contributed by atoms with E-state index in [1.54, 1.807) is 0 Å². The second-order valence-electron chi connectivity index (χ2n) is 3.27. The van der Waals surface area contributed by atoms with Crippen molar-refractivity contribution in [2.45, 2.75) is 31.7 Å². The number of anilines is 1. The molecule has 2 rings (SSSR count). The average molecular weight is 230 g/mol. The molecule has 4 heteroatoms. The molecule has 1 aromatic heterocycles. The van der Waals surface area contributed by atoms with Crippen molar-refractivity contribution >= 4 is 21.7 Å². The zero-order valence-corrected chi connectivity index (χ0v) is 8.42. The van der Waals surface area contributed by atoms with Crippen molar-refractivity contribution in [1.82, 2.24) is 9.78 Å². The van der Waals surface area contributed by atoms with Crippen molar-refractivity contribution < 1.29 is 0 Å². The second kappa shape index (κ2) is 3.09. The lowest BCUT2D eigenvalue weighted by Crippen LogP contribution is -2.06. The molecule has 1 aliphatic carbocycles. The smallest absolute Gasteiger partial charge is 0.146 e. The van der Waals surface area contributed by atoms with Gasteiger partial charge < -0.3 is 5.73 Å². The van der Waals surface area contributed by atoms with Crippen LogP contribution in [-0.2, 0) is 0 Å². The van der Waals surface area contributed by atoms with Crippen molar-refractivity contribution in [2.24, 2.45) is 0 Å². The lowest BCUT2D eigenvalue weighted by molar-refractivity contribution is 0.460. The minimum Gasteiger partial charge on any atom is -0.382 e. The summed E-state index contributed by atoms with van der Waals surface area (Å²) < 4.78 is 3.01. The van der Waals surface area contributed by atoms with Crippen molar-refractivity contribution in [3.8, 4) is 0 Å². The van der Waals surface area contributed by atoms with Crippen molar-refractivity contribution in [2.75, 3.05) is 5.73 Å². The summed E-state index contributed by atoms with van der Waals surface area (Å²) in [5, 5.41) is 4.24. The Balaban J connectivity index is 2.25. The molecule has 66 valence electrons. The van der Waals surface area contributed by atoms with E-state index < -0.39 is 0 Å². The Morgan fingerprint density at radius 3 is 2.67 bits per heavy atom. The minimum atomic E-state index is 0.566. The number of hydrogen-bond donors (Lipinski definition) is 1. The van der Waals surface area contributed by atoms with Crippen LogP contribution in [0.3, 0.4) is 0 Å². The van der Waals surface area contributed by atoms with Crippen molar-refractivity contribution in [3.63, 3.8) is 0 Å². The Morgan fingerprint density at radius 2 is 2.17 bits per heavy atom. The number of nitrogen functional groups attached to an aromatic ring is 1. The molecule has 1 heterocycles. The number of aromatic nitrogens is 2. The van der Waals surface area contributed by atoms with Crippen molar-refractivity contribution in [3.05, 3.63) is 10.7 Å². The van der Waals surface area contributed by atoms with Crippen LogP contribution in [0.15, 0.2) is 10.7 Å². The van der Waals surface area contributed by atoms with Gasteiger partial charge in [0, 0.05) is 6.07 Å². The van der Waals surface area contributed by atoms with Gasteiger partial charge in [-0.3, -0.25) is 4.68 Å². The molecule has 0 spiro atoms. The zero-order valence-electron chi connectivity index (χ0n) is 6.83. The Bertz CT molecular complexity index is 276. The molecule has 1 aromatic rings. The molecule has 0 radical (unpaired) electrons. The Labute approximate surface area is 80.1 Å². The Hall–Kier alpha value is -0.510. The van der Waals surface area contributed by atoms with Crippen LogP contribution >= 0.6 is 15.9 Å². The van der Waals surface area contributed by atoms with Gasteiger partial charge in [-0.1, -0.05) is 12.8 Å². The van der Waals surface area contributed by atoms with Gasteiger partial charge in [0.1, 0.15) is 10.4 Å². The zero-order chi connectivity index (χ0) is 8.55. The monoisotopic (exact) mass is 229 g/mol. The molecular formula is C8H12BrN3. The molecule has 3 nitrogen and oxygen atoms in total. The van der Waals surface area contributed by atoms with Gasteiger partial charge in [0.2, 0.25) is 0 Å². The van der Waals surface area contributed by atoms with E-state index in [0.717, 1.165) is 4.60 Å². The van der Waals surface area contributed by atoms with Crippen LogP contribution in [0, 0.1) is 0 Å². The number of hydrogen-bond acceptors (Lipinski definition) is 2. The molecule has 12 heavy (non-hydrogen) atoms. The summed E-state index contributed by atoms with van der Waals surface area (Å²) in [6.07, 6.45) is 5.10. The van der Waals surface area contributed by atoms with E-state index in [4.69, 9.17) is 5.73 Å². The van der Waals surface area contributed by atoms with Gasteiger partial charge in [-0.25, -0.2) is 0 Å². The highest BCUT2D eigenvalue weighted by atomic mass is 79.9. The lowest BCUT2D eigenvalue weighted by atomic mass is 10.3. The van der Waals surface area contributed by atoms with Gasteiger partial charge in [-0.2, -0.15) is 5.10 Å². The van der Waals surface area contributed by atoms with E-state index >= 15 is 0 Å². The normalized spacial score (nSPS) is 18.8. The topological polar surface area (TPSA) is 43.8 Å². The summed E-state index contributed by atoms with van der Waals surface area (Å²) in [7, 11) is 0. The standard InChI is InChI=1S/C8H12BrN3/c9-7-5-8(10)11-12(7)6-3-1-2-4-6/h5-6H,1-4H2,(H2,10,11). The average Bonchev–Trinajstić information content (AvgIpc) is 2.58. The maximum absolute atomic E-state index is 5.59. The number of nitrogens with two attached hydrogens (primary N) is 1. The second-order valence-corrected chi connectivity index (χ2v) is 4.09. The van der Waals surface area contributed by atoms with E-state index in [2.05, 4.69) is 21.0 Å².